The molecule has 0 spiro atoms. The van der Waals surface area contributed by atoms with E-state index >= 15 is 0 Å². The number of rotatable bonds is 5. The summed E-state index contributed by atoms with van der Waals surface area (Å²) in [4.78, 5) is 21.1. The van der Waals surface area contributed by atoms with Crippen molar-refractivity contribution in [2.45, 2.75) is 31.6 Å². The number of carbonyl (C=O) groups excluding carboxylic acids is 1. The number of pyridine rings is 1. The highest BCUT2D eigenvalue weighted by Crippen LogP contribution is 2.31. The number of hydrogen-bond acceptors (Lipinski definition) is 5. The highest BCUT2D eigenvalue weighted by molar-refractivity contribution is 5.84. The number of nitrogens with one attached hydrogen (secondary N) is 1. The van der Waals surface area contributed by atoms with Crippen LogP contribution in [0.3, 0.4) is 0 Å². The molecule has 1 atom stereocenters. The fourth-order valence-electron chi connectivity index (χ4n) is 3.40. The van der Waals surface area contributed by atoms with Crippen molar-refractivity contribution in [3.8, 4) is 11.6 Å². The predicted octanol–water partition coefficient (Wildman–Crippen LogP) is 2.91. The summed E-state index contributed by atoms with van der Waals surface area (Å²) in [5.41, 5.74) is 3.10. The van der Waals surface area contributed by atoms with Crippen molar-refractivity contribution in [2.24, 2.45) is 0 Å². The van der Waals surface area contributed by atoms with Gasteiger partial charge in [0.2, 0.25) is 5.91 Å². The standard InChI is InChI=1S/C20H20N4O2/c25-19(16-9-5-7-14-6-1-2-8-15(14)16)22-13-11-18-23-20(26-24-18)17-10-3-4-12-21-17/h1-4,6,8,10,12,16H,5,7,9,11,13H2,(H,22,25)/t16-/m1/s1. The van der Waals surface area contributed by atoms with Gasteiger partial charge in [-0.25, -0.2) is 0 Å². The minimum absolute atomic E-state index is 0.0608. The van der Waals surface area contributed by atoms with Crippen molar-refractivity contribution in [3.63, 3.8) is 0 Å². The van der Waals surface area contributed by atoms with E-state index in [0.29, 0.717) is 30.4 Å². The Kier molecular flexibility index (Phi) is 4.73. The van der Waals surface area contributed by atoms with Gasteiger partial charge in [0, 0.05) is 19.2 Å². The third-order valence-corrected chi connectivity index (χ3v) is 4.69. The van der Waals surface area contributed by atoms with E-state index in [1.54, 1.807) is 6.20 Å². The quantitative estimate of drug-likeness (QED) is 0.767. The lowest BCUT2D eigenvalue weighted by molar-refractivity contribution is -0.122. The van der Waals surface area contributed by atoms with Crippen LogP contribution in [0.5, 0.6) is 0 Å². The first kappa shape index (κ1) is 16.4. The molecular weight excluding hydrogens is 328 g/mol. The van der Waals surface area contributed by atoms with Crippen LogP contribution in [0.1, 0.15) is 35.7 Å². The molecule has 0 saturated heterocycles. The molecule has 3 aromatic rings. The van der Waals surface area contributed by atoms with Crippen LogP contribution >= 0.6 is 0 Å². The van der Waals surface area contributed by atoms with Gasteiger partial charge < -0.3 is 9.84 Å². The van der Waals surface area contributed by atoms with E-state index in [4.69, 9.17) is 4.52 Å². The van der Waals surface area contributed by atoms with Gasteiger partial charge in [0.15, 0.2) is 5.82 Å². The van der Waals surface area contributed by atoms with Crippen molar-refractivity contribution < 1.29 is 9.32 Å². The van der Waals surface area contributed by atoms with Crippen LogP contribution < -0.4 is 5.32 Å². The second-order valence-electron chi connectivity index (χ2n) is 6.42. The van der Waals surface area contributed by atoms with Crippen LogP contribution in [0.25, 0.3) is 11.6 Å². The van der Waals surface area contributed by atoms with Gasteiger partial charge in [0.25, 0.3) is 5.89 Å². The summed E-state index contributed by atoms with van der Waals surface area (Å²) in [6, 6.07) is 13.7. The average molecular weight is 348 g/mol. The van der Waals surface area contributed by atoms with Crippen molar-refractivity contribution in [1.82, 2.24) is 20.4 Å². The van der Waals surface area contributed by atoms with E-state index < -0.39 is 0 Å². The maximum atomic E-state index is 12.6. The molecule has 0 radical (unpaired) electrons. The normalized spacial score (nSPS) is 16.1. The molecule has 1 N–H and O–H groups in total. The Morgan fingerprint density at radius 3 is 2.96 bits per heavy atom. The van der Waals surface area contributed by atoms with E-state index in [9.17, 15) is 4.79 Å². The van der Waals surface area contributed by atoms with Crippen molar-refractivity contribution in [2.75, 3.05) is 6.54 Å². The highest BCUT2D eigenvalue weighted by atomic mass is 16.5. The largest absolute Gasteiger partial charge is 0.355 e. The molecule has 2 heterocycles. The Hall–Kier alpha value is -3.02. The molecule has 0 unspecified atom stereocenters. The van der Waals surface area contributed by atoms with Crippen molar-refractivity contribution >= 4 is 5.91 Å². The first-order valence-corrected chi connectivity index (χ1v) is 8.91. The van der Waals surface area contributed by atoms with E-state index in [1.165, 1.54) is 5.56 Å². The summed E-state index contributed by atoms with van der Waals surface area (Å²) in [6.07, 6.45) is 5.21. The molecule has 1 aromatic carbocycles. The van der Waals surface area contributed by atoms with E-state index in [2.05, 4.69) is 32.6 Å². The van der Waals surface area contributed by atoms with Crippen LogP contribution in [-0.2, 0) is 17.6 Å². The molecule has 1 aliphatic carbocycles. The molecule has 4 rings (SSSR count). The van der Waals surface area contributed by atoms with Gasteiger partial charge in [0.05, 0.1) is 5.92 Å². The molecule has 132 valence electrons. The minimum atomic E-state index is -0.0608. The van der Waals surface area contributed by atoms with Crippen LogP contribution in [-0.4, -0.2) is 27.6 Å². The van der Waals surface area contributed by atoms with Crippen LogP contribution in [0.4, 0.5) is 0 Å². The van der Waals surface area contributed by atoms with Gasteiger partial charge in [-0.15, -0.1) is 0 Å². The van der Waals surface area contributed by atoms with Gasteiger partial charge >= 0.3 is 0 Å². The summed E-state index contributed by atoms with van der Waals surface area (Å²) in [5, 5.41) is 6.98. The number of benzene rings is 1. The summed E-state index contributed by atoms with van der Waals surface area (Å²) in [5.74, 6) is 0.975. The average Bonchev–Trinajstić information content (AvgIpc) is 3.17. The molecule has 0 bridgehead atoms. The lowest BCUT2D eigenvalue weighted by atomic mass is 9.82. The smallest absolute Gasteiger partial charge is 0.276 e. The SMILES string of the molecule is O=C(NCCc1noc(-c2ccccn2)n1)[C@@H]1CCCc2ccccc21. The molecular formula is C20H20N4O2. The molecule has 2 aromatic heterocycles. The lowest BCUT2D eigenvalue weighted by Crippen LogP contribution is -2.32. The van der Waals surface area contributed by atoms with Gasteiger partial charge in [-0.3, -0.25) is 9.78 Å². The Morgan fingerprint density at radius 2 is 2.08 bits per heavy atom. The number of amides is 1. The molecule has 1 aliphatic rings. The van der Waals surface area contributed by atoms with Gasteiger partial charge in [-0.1, -0.05) is 35.5 Å². The summed E-state index contributed by atoms with van der Waals surface area (Å²) < 4.78 is 5.23. The third kappa shape index (κ3) is 3.49. The molecule has 1 amide bonds. The zero-order chi connectivity index (χ0) is 17.8. The van der Waals surface area contributed by atoms with E-state index in [-0.39, 0.29) is 11.8 Å². The van der Waals surface area contributed by atoms with E-state index in [1.807, 2.05) is 30.3 Å². The molecule has 6 heteroatoms. The second kappa shape index (κ2) is 7.47. The van der Waals surface area contributed by atoms with Crippen LogP contribution in [0.15, 0.2) is 53.2 Å². The Morgan fingerprint density at radius 1 is 1.19 bits per heavy atom. The highest BCUT2D eigenvalue weighted by Gasteiger charge is 2.25. The zero-order valence-electron chi connectivity index (χ0n) is 14.4. The fraction of sp³-hybridized carbons (Fsp3) is 0.300. The fourth-order valence-corrected chi connectivity index (χ4v) is 3.40. The van der Waals surface area contributed by atoms with Gasteiger partial charge in [-0.05, 0) is 42.5 Å². The number of aryl methyl sites for hydroxylation is 1. The molecule has 0 saturated carbocycles. The Bertz CT molecular complexity index is 892. The lowest BCUT2D eigenvalue weighted by Gasteiger charge is -2.24. The Labute approximate surface area is 151 Å². The number of fused-ring (bicyclic) bond motifs is 1. The topological polar surface area (TPSA) is 80.9 Å². The predicted molar refractivity (Wildman–Crippen MR) is 96.4 cm³/mol. The molecule has 0 aliphatic heterocycles. The molecule has 26 heavy (non-hydrogen) atoms. The van der Waals surface area contributed by atoms with Gasteiger partial charge in [0.1, 0.15) is 5.69 Å². The maximum absolute atomic E-state index is 12.6. The van der Waals surface area contributed by atoms with Crippen LogP contribution in [0, 0.1) is 0 Å². The maximum Gasteiger partial charge on any atom is 0.276 e. The van der Waals surface area contributed by atoms with Gasteiger partial charge in [-0.2, -0.15) is 4.98 Å². The monoisotopic (exact) mass is 348 g/mol. The van der Waals surface area contributed by atoms with Crippen molar-refractivity contribution in [1.29, 1.82) is 0 Å². The number of hydrogen-bond donors (Lipinski definition) is 1. The van der Waals surface area contributed by atoms with Crippen LogP contribution in [0.2, 0.25) is 0 Å². The minimum Gasteiger partial charge on any atom is -0.355 e. The summed E-state index contributed by atoms with van der Waals surface area (Å²) in [7, 11) is 0. The molecule has 6 nitrogen and oxygen atoms in total. The first-order valence-electron chi connectivity index (χ1n) is 8.91. The third-order valence-electron chi connectivity index (χ3n) is 4.69. The van der Waals surface area contributed by atoms with E-state index in [0.717, 1.165) is 24.8 Å². The zero-order valence-corrected chi connectivity index (χ0v) is 14.4. The summed E-state index contributed by atoms with van der Waals surface area (Å²) >= 11 is 0. The Balaban J connectivity index is 1.34. The first-order chi connectivity index (χ1) is 12.8. The summed E-state index contributed by atoms with van der Waals surface area (Å²) in [6.45, 7) is 0.485. The number of aromatic nitrogens is 3. The number of carbonyl (C=O) groups is 1. The second-order valence-corrected chi connectivity index (χ2v) is 6.42. The van der Waals surface area contributed by atoms with Crippen molar-refractivity contribution in [3.05, 3.63) is 65.6 Å². The number of nitrogens with zero attached hydrogens (tertiary/aromatic N) is 3. The molecule has 0 fully saturated rings.